The van der Waals surface area contributed by atoms with E-state index >= 15 is 0 Å². The van der Waals surface area contributed by atoms with Crippen LogP contribution in [0.5, 0.6) is 0 Å². The van der Waals surface area contributed by atoms with E-state index in [1.807, 2.05) is 0 Å². The lowest BCUT2D eigenvalue weighted by Crippen LogP contribution is -1.97. The van der Waals surface area contributed by atoms with E-state index in [9.17, 15) is 0 Å². The lowest BCUT2D eigenvalue weighted by Gasteiger charge is -2.05. The van der Waals surface area contributed by atoms with Crippen molar-refractivity contribution >= 4 is 0 Å². The van der Waals surface area contributed by atoms with Crippen LogP contribution in [0.15, 0.2) is 118 Å². The third kappa shape index (κ3) is 165. The summed E-state index contributed by atoms with van der Waals surface area (Å²) in [6.45, 7) is 60.5. The molecule has 0 saturated carbocycles. The van der Waals surface area contributed by atoms with Gasteiger partial charge in [-0.2, -0.15) is 0 Å². The standard InChI is InChI=1S/C20H42O.9C2H4/c1-3-5-7-9-11-13-15-17-19-21-20-18-16-14-12-10-8-6-4-2;9*1-2/h3-20H2,1-2H3;9*1-2H2. The summed E-state index contributed by atoms with van der Waals surface area (Å²) >= 11 is 0. The van der Waals surface area contributed by atoms with E-state index in [4.69, 9.17) is 4.74 Å². The molecule has 0 aliphatic heterocycles. The molecule has 1 heteroatoms. The molecule has 0 atom stereocenters. The summed E-state index contributed by atoms with van der Waals surface area (Å²) in [6, 6.07) is 0. The molecule has 39 heavy (non-hydrogen) atoms. The molecular weight excluding hydrogens is 472 g/mol. The van der Waals surface area contributed by atoms with Gasteiger partial charge < -0.3 is 4.74 Å². The molecule has 1 nitrogen and oxygen atoms in total. The molecular formula is C38H78O. The van der Waals surface area contributed by atoms with Crippen molar-refractivity contribution in [1.29, 1.82) is 0 Å². The van der Waals surface area contributed by atoms with E-state index in [0.717, 1.165) is 13.2 Å². The van der Waals surface area contributed by atoms with Crippen LogP contribution >= 0.6 is 0 Å². The molecule has 0 aromatic carbocycles. The Morgan fingerprint density at radius 2 is 0.410 bits per heavy atom. The first-order valence-corrected chi connectivity index (χ1v) is 14.5. The zero-order valence-electron chi connectivity index (χ0n) is 27.9. The molecule has 0 saturated heterocycles. The minimum Gasteiger partial charge on any atom is -0.381 e. The van der Waals surface area contributed by atoms with Crippen LogP contribution in [0.4, 0.5) is 0 Å². The van der Waals surface area contributed by atoms with Gasteiger partial charge in [-0.15, -0.1) is 118 Å². The second-order valence-corrected chi connectivity index (χ2v) is 6.56. The summed E-state index contributed by atoms with van der Waals surface area (Å²) in [7, 11) is 0. The molecule has 0 aliphatic rings. The van der Waals surface area contributed by atoms with E-state index in [1.165, 1.54) is 103 Å². The van der Waals surface area contributed by atoms with Crippen LogP contribution in [-0.4, -0.2) is 13.2 Å². The summed E-state index contributed by atoms with van der Waals surface area (Å²) in [5, 5.41) is 0. The summed E-state index contributed by atoms with van der Waals surface area (Å²) in [5.41, 5.74) is 0. The van der Waals surface area contributed by atoms with Crippen molar-refractivity contribution in [3.05, 3.63) is 118 Å². The Kier molecular flexibility index (Phi) is 260. The first-order valence-electron chi connectivity index (χ1n) is 14.5. The van der Waals surface area contributed by atoms with Gasteiger partial charge in [-0.25, -0.2) is 0 Å². The van der Waals surface area contributed by atoms with E-state index in [0.29, 0.717) is 0 Å². The van der Waals surface area contributed by atoms with Gasteiger partial charge in [-0.1, -0.05) is 104 Å². The molecule has 0 aliphatic carbocycles. The lowest BCUT2D eigenvalue weighted by atomic mass is 10.1. The van der Waals surface area contributed by atoms with Gasteiger partial charge in [0.25, 0.3) is 0 Å². The van der Waals surface area contributed by atoms with Gasteiger partial charge in [-0.3, -0.25) is 0 Å². The molecule has 0 heterocycles. The fourth-order valence-corrected chi connectivity index (χ4v) is 2.78. The van der Waals surface area contributed by atoms with Crippen molar-refractivity contribution in [2.75, 3.05) is 13.2 Å². The maximum absolute atomic E-state index is 5.72. The first kappa shape index (κ1) is 65.6. The summed E-state index contributed by atoms with van der Waals surface area (Å²) < 4.78 is 5.72. The van der Waals surface area contributed by atoms with Crippen LogP contribution in [0.2, 0.25) is 0 Å². The molecule has 0 rings (SSSR count). The van der Waals surface area contributed by atoms with E-state index < -0.39 is 0 Å². The van der Waals surface area contributed by atoms with Gasteiger partial charge in [0.15, 0.2) is 0 Å². The average Bonchev–Trinajstić information content (AvgIpc) is 3.07. The molecule has 0 unspecified atom stereocenters. The Morgan fingerprint density at radius 3 is 0.590 bits per heavy atom. The summed E-state index contributed by atoms with van der Waals surface area (Å²) in [6.07, 6.45) is 22.2. The highest BCUT2D eigenvalue weighted by Gasteiger charge is 1.94. The largest absolute Gasteiger partial charge is 0.381 e. The molecule has 0 bridgehead atoms. The number of ether oxygens (including phenoxy) is 1. The minimum atomic E-state index is 0.992. The predicted octanol–water partition coefficient (Wildman–Crippen LogP) is 14.5. The zero-order valence-corrected chi connectivity index (χ0v) is 27.9. The fourth-order valence-electron chi connectivity index (χ4n) is 2.78. The van der Waals surface area contributed by atoms with Crippen LogP contribution in [0.1, 0.15) is 117 Å². The number of unbranched alkanes of at least 4 members (excludes halogenated alkanes) is 14. The number of hydrogen-bond acceptors (Lipinski definition) is 1. The lowest BCUT2D eigenvalue weighted by molar-refractivity contribution is 0.125. The Bertz CT molecular complexity index is 229. The SMILES string of the molecule is C=C.C=C.C=C.C=C.C=C.C=C.C=C.C=C.C=C.CCCCCCCCCCOCCCCCCCCCC. The molecule has 236 valence electrons. The Labute approximate surface area is 252 Å². The second kappa shape index (κ2) is 155. The van der Waals surface area contributed by atoms with Crippen molar-refractivity contribution in [3.8, 4) is 0 Å². The highest BCUT2D eigenvalue weighted by Crippen LogP contribution is 2.10. The van der Waals surface area contributed by atoms with E-state index in [-0.39, 0.29) is 0 Å². The van der Waals surface area contributed by atoms with Crippen molar-refractivity contribution in [2.45, 2.75) is 117 Å². The van der Waals surface area contributed by atoms with Crippen LogP contribution in [0.3, 0.4) is 0 Å². The van der Waals surface area contributed by atoms with Crippen LogP contribution in [0.25, 0.3) is 0 Å². The first-order chi connectivity index (χ1) is 19.4. The zero-order chi connectivity index (χ0) is 33.4. The van der Waals surface area contributed by atoms with Gasteiger partial charge in [-0.05, 0) is 12.8 Å². The van der Waals surface area contributed by atoms with Crippen LogP contribution < -0.4 is 0 Å². The minimum absolute atomic E-state index is 0.992. The van der Waals surface area contributed by atoms with Crippen molar-refractivity contribution in [3.63, 3.8) is 0 Å². The van der Waals surface area contributed by atoms with Gasteiger partial charge in [0.2, 0.25) is 0 Å². The second-order valence-electron chi connectivity index (χ2n) is 6.56. The van der Waals surface area contributed by atoms with Gasteiger partial charge in [0, 0.05) is 13.2 Å². The molecule has 0 amide bonds. The van der Waals surface area contributed by atoms with Crippen LogP contribution in [-0.2, 0) is 4.74 Å². The topological polar surface area (TPSA) is 9.23 Å². The highest BCUT2D eigenvalue weighted by atomic mass is 16.5. The fraction of sp³-hybridized carbons (Fsp3) is 0.526. The number of hydrogen-bond donors (Lipinski definition) is 0. The maximum Gasteiger partial charge on any atom is 0.0466 e. The third-order valence-corrected chi connectivity index (χ3v) is 4.28. The molecule has 0 spiro atoms. The molecule has 0 radical (unpaired) electrons. The molecule has 0 aromatic heterocycles. The van der Waals surface area contributed by atoms with Crippen molar-refractivity contribution < 1.29 is 4.74 Å². The smallest absolute Gasteiger partial charge is 0.0466 e. The molecule has 0 N–H and O–H groups in total. The van der Waals surface area contributed by atoms with E-state index in [1.54, 1.807) is 0 Å². The quantitative estimate of drug-likeness (QED) is 0.122. The van der Waals surface area contributed by atoms with Crippen molar-refractivity contribution in [1.82, 2.24) is 0 Å². The summed E-state index contributed by atoms with van der Waals surface area (Å²) in [4.78, 5) is 0. The average molecular weight is 551 g/mol. The van der Waals surface area contributed by atoms with Gasteiger partial charge >= 0.3 is 0 Å². The van der Waals surface area contributed by atoms with E-state index in [2.05, 4.69) is 132 Å². The summed E-state index contributed by atoms with van der Waals surface area (Å²) in [5.74, 6) is 0. The number of rotatable bonds is 18. The Morgan fingerprint density at radius 1 is 0.256 bits per heavy atom. The van der Waals surface area contributed by atoms with Crippen LogP contribution in [0, 0.1) is 0 Å². The Balaban J connectivity index is -0.0000000491. The monoisotopic (exact) mass is 551 g/mol. The third-order valence-electron chi connectivity index (χ3n) is 4.28. The predicted molar refractivity (Wildman–Crippen MR) is 197 cm³/mol. The normalized spacial score (nSPS) is 6.92. The van der Waals surface area contributed by atoms with Gasteiger partial charge in [0.05, 0.1) is 0 Å². The highest BCUT2D eigenvalue weighted by molar-refractivity contribution is 4.47. The Hall–Kier alpha value is -2.38. The molecule has 0 fully saturated rings. The maximum atomic E-state index is 5.72. The van der Waals surface area contributed by atoms with Crippen molar-refractivity contribution in [2.24, 2.45) is 0 Å². The van der Waals surface area contributed by atoms with Gasteiger partial charge in [0.1, 0.15) is 0 Å². The molecule has 0 aromatic rings.